The largest absolute Gasteiger partial charge is 0.494 e. The molecular formula is C53H80N6O10. The number of nitrogens with two attached hydrogens (primary N) is 1. The Bertz CT molecular complexity index is 2020. The van der Waals surface area contributed by atoms with Gasteiger partial charge in [0, 0.05) is 57.6 Å². The van der Waals surface area contributed by atoms with Crippen LogP contribution in [-0.2, 0) is 39.9 Å². The summed E-state index contributed by atoms with van der Waals surface area (Å²) < 4.78 is 17.9. The molecule has 11 atom stereocenters. The second-order valence-corrected chi connectivity index (χ2v) is 20.0. The van der Waals surface area contributed by atoms with E-state index >= 15 is 0 Å². The highest BCUT2D eigenvalue weighted by Gasteiger charge is 2.50. The molecule has 3 fully saturated rings. The van der Waals surface area contributed by atoms with Crippen LogP contribution in [0, 0.1) is 23.7 Å². The van der Waals surface area contributed by atoms with E-state index in [1.807, 2.05) is 58.0 Å². The van der Waals surface area contributed by atoms with Crippen molar-refractivity contribution in [1.82, 2.24) is 25.3 Å². The van der Waals surface area contributed by atoms with Crippen LogP contribution in [0.2, 0.25) is 0 Å². The molecule has 2 heterocycles. The Hall–Kier alpha value is -5.06. The minimum Gasteiger partial charge on any atom is -0.494 e. The van der Waals surface area contributed by atoms with E-state index in [1.54, 1.807) is 49.1 Å². The minimum atomic E-state index is -1.14. The van der Waals surface area contributed by atoms with Crippen LogP contribution >= 0.6 is 0 Å². The van der Waals surface area contributed by atoms with Crippen molar-refractivity contribution in [3.63, 3.8) is 0 Å². The summed E-state index contributed by atoms with van der Waals surface area (Å²) in [5.41, 5.74) is 7.54. The lowest BCUT2D eigenvalue weighted by molar-refractivity contribution is -0.148. The number of aldehydes is 1. The van der Waals surface area contributed by atoms with Gasteiger partial charge in [0.25, 0.3) is 0 Å². The highest BCUT2D eigenvalue weighted by Crippen LogP contribution is 2.43. The van der Waals surface area contributed by atoms with E-state index in [4.69, 9.17) is 19.9 Å². The third kappa shape index (κ3) is 14.1. The first kappa shape index (κ1) is 54.9. The number of unbranched alkanes of at least 4 members (excludes halogenated alkanes) is 3. The van der Waals surface area contributed by atoms with Crippen molar-refractivity contribution in [3.05, 3.63) is 59.7 Å². The normalized spacial score (nSPS) is 22.0. The Morgan fingerprint density at radius 3 is 2.30 bits per heavy atom. The van der Waals surface area contributed by atoms with Crippen molar-refractivity contribution in [2.24, 2.45) is 23.7 Å². The van der Waals surface area contributed by atoms with Gasteiger partial charge in [0.1, 0.15) is 17.8 Å². The number of amides is 4. The number of fused-ring (bicyclic) bond motifs is 2. The maximum Gasteiger partial charge on any atom is 0.326 e. The fraction of sp³-hybridized carbons (Fsp3) is 0.660. The van der Waals surface area contributed by atoms with E-state index < -0.39 is 54.2 Å². The number of likely N-dealkylation sites (N-methyl/N-ethyl adjacent to an activating group) is 1. The number of carbonyl (C=O) groups excluding carboxylic acids is 5. The smallest absolute Gasteiger partial charge is 0.326 e. The molecule has 2 aliphatic heterocycles. The van der Waals surface area contributed by atoms with Gasteiger partial charge in [-0.3, -0.25) is 28.9 Å². The summed E-state index contributed by atoms with van der Waals surface area (Å²) in [7, 11) is 4.80. The van der Waals surface area contributed by atoms with E-state index in [-0.39, 0.29) is 54.4 Å². The van der Waals surface area contributed by atoms with Crippen molar-refractivity contribution < 1.29 is 48.1 Å². The number of carboxylic acid groups (broad SMARTS) is 1. The Morgan fingerprint density at radius 1 is 0.942 bits per heavy atom. The quantitative estimate of drug-likeness (QED) is 0.0457. The van der Waals surface area contributed by atoms with Crippen LogP contribution in [-0.4, -0.2) is 145 Å². The molecule has 2 saturated heterocycles. The van der Waals surface area contributed by atoms with Gasteiger partial charge in [-0.05, 0) is 86.9 Å². The third-order valence-corrected chi connectivity index (χ3v) is 15.1. The molecule has 5 rings (SSSR count). The molecule has 16 heteroatoms. The second kappa shape index (κ2) is 26.2. The van der Waals surface area contributed by atoms with Crippen LogP contribution < -0.4 is 21.1 Å². The number of nitrogens with one attached hydrogen (secondary N) is 2. The number of rotatable bonds is 28. The molecular weight excluding hydrogens is 881 g/mol. The van der Waals surface area contributed by atoms with E-state index in [9.17, 15) is 33.9 Å². The zero-order valence-corrected chi connectivity index (χ0v) is 42.3. The van der Waals surface area contributed by atoms with Crippen molar-refractivity contribution in [1.29, 1.82) is 0 Å². The first-order valence-electron chi connectivity index (χ1n) is 25.3. The molecule has 3 aliphatic rings. The number of methoxy groups -OCH3 is 2. The lowest BCUT2D eigenvalue weighted by Crippen LogP contribution is -2.60. The number of hydrogen-bond acceptors (Lipinski definition) is 11. The number of hydrogen-bond donors (Lipinski definition) is 4. The molecule has 16 nitrogen and oxygen atoms in total. The lowest BCUT2D eigenvalue weighted by atomic mass is 9.89. The summed E-state index contributed by atoms with van der Waals surface area (Å²) in [4.78, 5) is 86.1. The summed E-state index contributed by atoms with van der Waals surface area (Å²) in [5.74, 6) is -2.31. The number of carboxylic acids is 1. The van der Waals surface area contributed by atoms with Gasteiger partial charge in [0.05, 0.1) is 49.3 Å². The summed E-state index contributed by atoms with van der Waals surface area (Å²) in [6.45, 7) is 11.5. The number of aliphatic carboxylic acids is 1. The second-order valence-electron chi connectivity index (χ2n) is 20.0. The van der Waals surface area contributed by atoms with Crippen LogP contribution in [0.15, 0.2) is 48.5 Å². The molecule has 0 aromatic heterocycles. The molecule has 0 spiro atoms. The summed E-state index contributed by atoms with van der Waals surface area (Å²) in [6.07, 6.45) is 8.26. The number of nitrogen functional groups attached to an aromatic ring is 1. The minimum absolute atomic E-state index is 0.0218. The Morgan fingerprint density at radius 2 is 1.67 bits per heavy atom. The predicted octanol–water partition coefficient (Wildman–Crippen LogP) is 5.75. The molecule has 1 aliphatic carbocycles. The number of nitrogens with zero attached hydrogens (tertiary/aromatic N) is 3. The summed E-state index contributed by atoms with van der Waals surface area (Å²) >= 11 is 0. The lowest BCUT2D eigenvalue weighted by Gasteiger charge is -2.41. The van der Waals surface area contributed by atoms with Crippen molar-refractivity contribution in [3.8, 4) is 5.75 Å². The molecule has 0 unspecified atom stereocenters. The fourth-order valence-electron chi connectivity index (χ4n) is 11.1. The predicted molar refractivity (Wildman–Crippen MR) is 264 cm³/mol. The third-order valence-electron chi connectivity index (χ3n) is 15.1. The van der Waals surface area contributed by atoms with E-state index in [2.05, 4.69) is 15.5 Å². The SMILES string of the molecule is CC[C@H](C)[C@@H]([C@@H](CC(=O)N1CCC[C@H]1[C@H](OC)[C@@H](C)C(=O)N[C@@H](Cc1ccccc1)C(=O)O)OC)N(C)C(=O)[C@@H](NC(=O)[C@@H]1[C@H]2CC[C@H](C2)N1CCCCCCOc1ccc(C=O)c(N)c1)C(C)C. The van der Waals surface area contributed by atoms with Crippen LogP contribution in [0.3, 0.4) is 0 Å². The molecule has 69 heavy (non-hydrogen) atoms. The Kier molecular flexibility index (Phi) is 20.9. The molecule has 0 radical (unpaired) electrons. The number of anilines is 1. The van der Waals surface area contributed by atoms with Gasteiger partial charge in [-0.15, -0.1) is 0 Å². The van der Waals surface area contributed by atoms with Gasteiger partial charge in [-0.25, -0.2) is 4.79 Å². The van der Waals surface area contributed by atoms with Crippen molar-refractivity contribution >= 4 is 41.6 Å². The first-order valence-corrected chi connectivity index (χ1v) is 25.3. The summed E-state index contributed by atoms with van der Waals surface area (Å²) in [5, 5.41) is 15.9. The maximum absolute atomic E-state index is 14.7. The number of likely N-dealkylation sites (tertiary alicyclic amines) is 2. The number of piperidine rings is 1. The van der Waals surface area contributed by atoms with Crippen molar-refractivity contribution in [2.45, 2.75) is 160 Å². The Balaban J connectivity index is 1.19. The zero-order chi connectivity index (χ0) is 50.4. The molecule has 382 valence electrons. The number of ether oxygens (including phenoxy) is 3. The van der Waals surface area contributed by atoms with Gasteiger partial charge in [0.2, 0.25) is 23.6 Å². The molecule has 2 bridgehead atoms. The molecule has 5 N–H and O–H groups in total. The average molecular weight is 961 g/mol. The van der Waals surface area contributed by atoms with Crippen LogP contribution in [0.5, 0.6) is 5.75 Å². The fourth-order valence-corrected chi connectivity index (χ4v) is 11.1. The van der Waals surface area contributed by atoms with Crippen LogP contribution in [0.25, 0.3) is 0 Å². The van der Waals surface area contributed by atoms with E-state index in [0.717, 1.165) is 63.3 Å². The van der Waals surface area contributed by atoms with Crippen LogP contribution in [0.4, 0.5) is 5.69 Å². The average Bonchev–Trinajstić information content (AvgIpc) is 4.10. The van der Waals surface area contributed by atoms with Gasteiger partial charge in [0.15, 0.2) is 6.29 Å². The zero-order valence-electron chi connectivity index (χ0n) is 42.3. The standard InChI is InChI=1S/C53H80N6O10/c1-9-34(4)47(44(67-7)31-45(61)59-26-17-20-43(59)49(68-8)35(5)50(62)55-42(53(65)66)28-36-18-13-12-14-19-36)57(6)52(64)46(33(2)3)56-51(63)48-37-21-23-39(29-37)58(48)25-15-10-11-16-27-69-40-24-22-38(32-60)41(54)30-40/h12-14,18-19,22,24,30,32-35,37,39,42-44,46-49H,9-11,15-17,20-21,23,25-29,31,54H2,1-8H3,(H,55,62)(H,56,63)(H,65,66)/t34-,35+,37-,39+,42-,43-,44+,46-,47-,48-,49+/m0/s1. The van der Waals surface area contributed by atoms with Crippen molar-refractivity contribution in [2.75, 3.05) is 46.7 Å². The Labute approximate surface area is 409 Å². The van der Waals surface area contributed by atoms with E-state index in [1.165, 1.54) is 7.11 Å². The van der Waals surface area contributed by atoms with Gasteiger partial charge in [-0.1, -0.05) is 84.2 Å². The van der Waals surface area contributed by atoms with Crippen LogP contribution in [0.1, 0.15) is 121 Å². The van der Waals surface area contributed by atoms with Gasteiger partial charge in [-0.2, -0.15) is 0 Å². The summed E-state index contributed by atoms with van der Waals surface area (Å²) in [6, 6.07) is 11.4. The molecule has 2 aromatic rings. The van der Waals surface area contributed by atoms with Gasteiger partial charge < -0.3 is 45.5 Å². The topological polar surface area (TPSA) is 210 Å². The molecule has 4 amide bonds. The molecule has 1 saturated carbocycles. The number of benzene rings is 2. The first-order chi connectivity index (χ1) is 33.0. The highest BCUT2D eigenvalue weighted by molar-refractivity contribution is 5.91. The highest BCUT2D eigenvalue weighted by atomic mass is 16.5. The number of carbonyl (C=O) groups is 6. The monoisotopic (exact) mass is 961 g/mol. The maximum atomic E-state index is 14.7. The van der Waals surface area contributed by atoms with Gasteiger partial charge >= 0.3 is 5.97 Å². The molecule has 2 aromatic carbocycles. The van der Waals surface area contributed by atoms with E-state index in [0.29, 0.717) is 55.5 Å².